The SMILES string of the molecule is Cc1ccc(NC(=O)c2c(N3C(=O)[C@@H]4[C@H](C3=O)[C@@H]3CC[C@H]4O3)sc3c2CCC3)cc1. The van der Waals surface area contributed by atoms with Gasteiger partial charge in [0.15, 0.2) is 0 Å². The lowest BCUT2D eigenvalue weighted by Crippen LogP contribution is -2.35. The summed E-state index contributed by atoms with van der Waals surface area (Å²) in [6.07, 6.45) is 4.05. The van der Waals surface area contributed by atoms with Crippen molar-refractivity contribution >= 4 is 39.7 Å². The van der Waals surface area contributed by atoms with E-state index in [1.54, 1.807) is 0 Å². The van der Waals surface area contributed by atoms with Crippen LogP contribution in [0.3, 0.4) is 0 Å². The highest BCUT2D eigenvalue weighted by Gasteiger charge is 2.63. The fraction of sp³-hybridized carbons (Fsp3) is 0.435. The minimum atomic E-state index is -0.388. The molecular weight excluding hydrogens is 400 g/mol. The Morgan fingerprint density at radius 3 is 2.40 bits per heavy atom. The summed E-state index contributed by atoms with van der Waals surface area (Å²) in [7, 11) is 0. The summed E-state index contributed by atoms with van der Waals surface area (Å²) in [5, 5.41) is 3.48. The molecule has 6 nitrogen and oxygen atoms in total. The van der Waals surface area contributed by atoms with E-state index in [4.69, 9.17) is 4.74 Å². The number of carbonyl (C=O) groups is 3. The lowest BCUT2D eigenvalue weighted by molar-refractivity contribution is -0.124. The molecule has 2 aromatic rings. The van der Waals surface area contributed by atoms with Crippen molar-refractivity contribution in [2.24, 2.45) is 11.8 Å². The third-order valence-electron chi connectivity index (χ3n) is 6.93. The maximum atomic E-state index is 13.3. The number of carbonyl (C=O) groups excluding carboxylic acids is 3. The molecule has 1 aromatic heterocycles. The lowest BCUT2D eigenvalue weighted by atomic mass is 9.81. The van der Waals surface area contributed by atoms with Gasteiger partial charge in [0, 0.05) is 10.6 Å². The molecule has 7 heteroatoms. The van der Waals surface area contributed by atoms with Crippen molar-refractivity contribution in [1.29, 1.82) is 0 Å². The van der Waals surface area contributed by atoms with Gasteiger partial charge in [-0.3, -0.25) is 14.4 Å². The Bertz CT molecular complexity index is 1060. The first-order valence-electron chi connectivity index (χ1n) is 10.6. The number of anilines is 2. The molecule has 1 aliphatic carbocycles. The third kappa shape index (κ3) is 2.48. The molecule has 2 bridgehead atoms. The van der Waals surface area contributed by atoms with Crippen LogP contribution in [0.1, 0.15) is 45.6 Å². The Kier molecular flexibility index (Phi) is 3.95. The average molecular weight is 423 g/mol. The standard InChI is InChI=1S/C23H22N2O4S/c1-11-5-7-12(8-6-11)24-20(26)17-13-3-2-4-16(13)30-23(17)25-21(27)18-14-9-10-15(29-14)19(18)22(25)28/h5-8,14-15,18-19H,2-4,9-10H2,1H3,(H,24,26)/t14-,15+,18+,19-. The highest BCUT2D eigenvalue weighted by molar-refractivity contribution is 7.17. The van der Waals surface area contributed by atoms with Gasteiger partial charge in [0.05, 0.1) is 29.6 Å². The molecule has 6 rings (SSSR count). The Morgan fingerprint density at radius 2 is 1.73 bits per heavy atom. The van der Waals surface area contributed by atoms with E-state index in [2.05, 4.69) is 5.32 Å². The van der Waals surface area contributed by atoms with Crippen molar-refractivity contribution < 1.29 is 19.1 Å². The molecule has 0 saturated carbocycles. The molecule has 4 heterocycles. The summed E-state index contributed by atoms with van der Waals surface area (Å²) in [4.78, 5) is 42.3. The number of thiophene rings is 1. The van der Waals surface area contributed by atoms with Crippen molar-refractivity contribution in [2.75, 3.05) is 10.2 Å². The number of imide groups is 1. The summed E-state index contributed by atoms with van der Waals surface area (Å²) in [5.41, 5.74) is 3.32. The molecule has 1 aromatic carbocycles. The quantitative estimate of drug-likeness (QED) is 0.769. The summed E-state index contributed by atoms with van der Waals surface area (Å²) in [6, 6.07) is 7.62. The fourth-order valence-corrected chi connectivity index (χ4v) is 6.92. The van der Waals surface area contributed by atoms with Crippen LogP contribution in [0.4, 0.5) is 10.7 Å². The number of fused-ring (bicyclic) bond motifs is 6. The largest absolute Gasteiger partial charge is 0.373 e. The second kappa shape index (κ2) is 6.49. The molecule has 4 atom stereocenters. The predicted octanol–water partition coefficient (Wildman–Crippen LogP) is 3.46. The van der Waals surface area contributed by atoms with Gasteiger partial charge in [0.25, 0.3) is 5.91 Å². The van der Waals surface area contributed by atoms with E-state index in [1.807, 2.05) is 31.2 Å². The number of nitrogens with zero attached hydrogens (tertiary/aromatic N) is 1. The highest BCUT2D eigenvalue weighted by Crippen LogP contribution is 2.52. The van der Waals surface area contributed by atoms with Crippen LogP contribution in [0.15, 0.2) is 24.3 Å². The number of nitrogens with one attached hydrogen (secondary N) is 1. The van der Waals surface area contributed by atoms with Crippen LogP contribution in [-0.4, -0.2) is 29.9 Å². The molecule has 30 heavy (non-hydrogen) atoms. The van der Waals surface area contributed by atoms with E-state index in [9.17, 15) is 14.4 Å². The van der Waals surface area contributed by atoms with Gasteiger partial charge >= 0.3 is 0 Å². The first-order chi connectivity index (χ1) is 14.5. The maximum Gasteiger partial charge on any atom is 0.258 e. The Morgan fingerprint density at radius 1 is 1.07 bits per heavy atom. The van der Waals surface area contributed by atoms with Gasteiger partial charge < -0.3 is 10.1 Å². The zero-order valence-electron chi connectivity index (χ0n) is 16.6. The Hall–Kier alpha value is -2.51. The molecule has 3 amide bonds. The van der Waals surface area contributed by atoms with E-state index < -0.39 is 0 Å². The highest BCUT2D eigenvalue weighted by atomic mass is 32.1. The molecule has 1 N–H and O–H groups in total. The smallest absolute Gasteiger partial charge is 0.258 e. The first kappa shape index (κ1) is 18.3. The molecule has 3 fully saturated rings. The second-order valence-corrected chi connectivity index (χ2v) is 9.80. The summed E-state index contributed by atoms with van der Waals surface area (Å²) >= 11 is 1.44. The summed E-state index contributed by atoms with van der Waals surface area (Å²) in [6.45, 7) is 1.99. The van der Waals surface area contributed by atoms with Gasteiger partial charge in [-0.05, 0) is 56.7 Å². The third-order valence-corrected chi connectivity index (χ3v) is 8.20. The number of hydrogen-bond donors (Lipinski definition) is 1. The Labute approximate surface area is 178 Å². The van der Waals surface area contributed by atoms with Crippen LogP contribution in [0.5, 0.6) is 0 Å². The topological polar surface area (TPSA) is 75.7 Å². The van der Waals surface area contributed by atoms with E-state index in [-0.39, 0.29) is 41.8 Å². The molecule has 154 valence electrons. The van der Waals surface area contributed by atoms with E-state index >= 15 is 0 Å². The van der Waals surface area contributed by atoms with Gasteiger partial charge in [-0.15, -0.1) is 11.3 Å². The number of hydrogen-bond acceptors (Lipinski definition) is 5. The van der Waals surface area contributed by atoms with Crippen LogP contribution >= 0.6 is 11.3 Å². The molecule has 0 radical (unpaired) electrons. The summed E-state index contributed by atoms with van der Waals surface area (Å²) in [5.74, 6) is -1.41. The first-order valence-corrected chi connectivity index (χ1v) is 11.4. The zero-order valence-corrected chi connectivity index (χ0v) is 17.5. The van der Waals surface area contributed by atoms with Crippen LogP contribution in [0, 0.1) is 18.8 Å². The molecular formula is C23H22N2O4S. The van der Waals surface area contributed by atoms with Crippen LogP contribution in [-0.2, 0) is 27.2 Å². The number of amides is 3. The lowest BCUT2D eigenvalue weighted by Gasteiger charge is -2.18. The van der Waals surface area contributed by atoms with Crippen molar-refractivity contribution in [3.63, 3.8) is 0 Å². The van der Waals surface area contributed by atoms with Crippen molar-refractivity contribution in [3.8, 4) is 0 Å². The van der Waals surface area contributed by atoms with Gasteiger partial charge in [0.1, 0.15) is 5.00 Å². The molecule has 0 unspecified atom stereocenters. The minimum Gasteiger partial charge on any atom is -0.373 e. The Balaban J connectivity index is 1.39. The molecule has 3 saturated heterocycles. The molecule has 3 aliphatic heterocycles. The maximum absolute atomic E-state index is 13.3. The van der Waals surface area contributed by atoms with E-state index in [0.717, 1.165) is 48.1 Å². The van der Waals surface area contributed by atoms with E-state index in [0.29, 0.717) is 16.3 Å². The van der Waals surface area contributed by atoms with Gasteiger partial charge in [-0.2, -0.15) is 0 Å². The fourth-order valence-electron chi connectivity index (χ4n) is 5.52. The van der Waals surface area contributed by atoms with Gasteiger partial charge in [-0.25, -0.2) is 4.90 Å². The molecule has 0 spiro atoms. The van der Waals surface area contributed by atoms with Gasteiger partial charge in [0.2, 0.25) is 11.8 Å². The van der Waals surface area contributed by atoms with Crippen LogP contribution < -0.4 is 10.2 Å². The number of ether oxygens (including phenoxy) is 1. The van der Waals surface area contributed by atoms with Crippen molar-refractivity contribution in [2.45, 2.75) is 51.2 Å². The second-order valence-electron chi connectivity index (χ2n) is 8.71. The van der Waals surface area contributed by atoms with Crippen LogP contribution in [0.25, 0.3) is 0 Å². The number of rotatable bonds is 3. The average Bonchev–Trinajstić information content (AvgIpc) is 3.50. The van der Waals surface area contributed by atoms with Crippen molar-refractivity contribution in [1.82, 2.24) is 0 Å². The monoisotopic (exact) mass is 422 g/mol. The van der Waals surface area contributed by atoms with E-state index in [1.165, 1.54) is 16.2 Å². The predicted molar refractivity (Wildman–Crippen MR) is 113 cm³/mol. The number of aryl methyl sites for hydroxylation is 2. The minimum absolute atomic E-state index is 0.155. The number of benzene rings is 1. The zero-order chi connectivity index (χ0) is 20.6. The van der Waals surface area contributed by atoms with Crippen LogP contribution in [0.2, 0.25) is 0 Å². The normalized spacial score (nSPS) is 28.9. The van der Waals surface area contributed by atoms with Gasteiger partial charge in [-0.1, -0.05) is 17.7 Å². The molecule has 4 aliphatic rings. The summed E-state index contributed by atoms with van der Waals surface area (Å²) < 4.78 is 5.85. The van der Waals surface area contributed by atoms with Crippen molar-refractivity contribution in [3.05, 3.63) is 45.8 Å².